The zero-order chi connectivity index (χ0) is 16.3. The molecule has 0 bridgehead atoms. The molecule has 0 aliphatic rings. The lowest BCUT2D eigenvalue weighted by Gasteiger charge is -2.02. The molecule has 0 aromatic carbocycles. The van der Waals surface area contributed by atoms with E-state index >= 15 is 0 Å². The minimum absolute atomic E-state index is 0.0420. The van der Waals surface area contributed by atoms with Crippen LogP contribution in [0.25, 0.3) is 0 Å². The summed E-state index contributed by atoms with van der Waals surface area (Å²) in [6.45, 7) is 7.45. The number of nitrogens with zero attached hydrogens (tertiary/aromatic N) is 2. The molecule has 0 saturated heterocycles. The Hall–Kier alpha value is -1.67. The molecular weight excluding hydrogens is 322 g/mol. The Morgan fingerprint density at radius 1 is 1.27 bits per heavy atom. The third kappa shape index (κ3) is 3.56. The van der Waals surface area contributed by atoms with Gasteiger partial charge in [-0.1, -0.05) is 23.1 Å². The van der Waals surface area contributed by atoms with Crippen molar-refractivity contribution in [3.8, 4) is 0 Å². The van der Waals surface area contributed by atoms with Crippen LogP contribution < -0.4 is 0 Å². The highest BCUT2D eigenvalue weighted by Gasteiger charge is 2.22. The number of esters is 1. The summed E-state index contributed by atoms with van der Waals surface area (Å²) in [6.07, 6.45) is 0. The summed E-state index contributed by atoms with van der Waals surface area (Å²) in [7, 11) is 0. The predicted molar refractivity (Wildman–Crippen MR) is 85.9 cm³/mol. The van der Waals surface area contributed by atoms with E-state index in [1.165, 1.54) is 23.1 Å². The maximum Gasteiger partial charge on any atom is 0.355 e. The van der Waals surface area contributed by atoms with E-state index in [9.17, 15) is 9.59 Å². The van der Waals surface area contributed by atoms with Crippen LogP contribution in [0.4, 0.5) is 0 Å². The molecule has 0 spiro atoms. The van der Waals surface area contributed by atoms with Crippen molar-refractivity contribution in [3.63, 3.8) is 0 Å². The molecule has 0 aliphatic heterocycles. The van der Waals surface area contributed by atoms with Crippen LogP contribution in [0, 0.1) is 20.8 Å². The van der Waals surface area contributed by atoms with Crippen molar-refractivity contribution < 1.29 is 14.3 Å². The standard InChI is InChI=1S/C14H17N3O3S2/c1-5-20-13(19)12-7(2)11(8(3)15-12)10(18)6-21-14-17-16-9(4)22-14/h15H,5-6H2,1-4H3. The van der Waals surface area contributed by atoms with Gasteiger partial charge in [-0.2, -0.15) is 0 Å². The molecule has 0 atom stereocenters. The van der Waals surface area contributed by atoms with Crippen LogP contribution in [0.15, 0.2) is 4.34 Å². The second kappa shape index (κ2) is 7.06. The van der Waals surface area contributed by atoms with E-state index in [1.54, 1.807) is 20.8 Å². The molecule has 0 saturated carbocycles. The summed E-state index contributed by atoms with van der Waals surface area (Å²) in [5.41, 5.74) is 2.21. The van der Waals surface area contributed by atoms with Gasteiger partial charge in [-0.15, -0.1) is 10.2 Å². The molecule has 22 heavy (non-hydrogen) atoms. The molecule has 2 aromatic rings. The van der Waals surface area contributed by atoms with Crippen LogP contribution >= 0.6 is 23.1 Å². The molecular formula is C14H17N3O3S2. The van der Waals surface area contributed by atoms with Crippen molar-refractivity contribution in [1.82, 2.24) is 15.2 Å². The molecule has 2 rings (SSSR count). The van der Waals surface area contributed by atoms with Crippen LogP contribution in [-0.2, 0) is 4.74 Å². The van der Waals surface area contributed by atoms with Gasteiger partial charge in [0.25, 0.3) is 0 Å². The normalized spacial score (nSPS) is 10.7. The number of H-pyrrole nitrogens is 1. The van der Waals surface area contributed by atoms with Gasteiger partial charge in [-0.3, -0.25) is 4.79 Å². The number of aromatic nitrogens is 3. The van der Waals surface area contributed by atoms with Gasteiger partial charge in [0.2, 0.25) is 0 Å². The first-order valence-corrected chi connectivity index (χ1v) is 8.56. The predicted octanol–water partition coefficient (Wildman–Crippen LogP) is 2.94. The number of hydrogen-bond donors (Lipinski definition) is 1. The van der Waals surface area contributed by atoms with Gasteiger partial charge in [0.1, 0.15) is 10.7 Å². The summed E-state index contributed by atoms with van der Waals surface area (Å²) in [5, 5.41) is 8.77. The molecule has 118 valence electrons. The number of aromatic amines is 1. The summed E-state index contributed by atoms with van der Waals surface area (Å²) in [4.78, 5) is 27.2. The maximum atomic E-state index is 12.4. The average molecular weight is 339 g/mol. The SMILES string of the molecule is CCOC(=O)c1[nH]c(C)c(C(=O)CSc2nnc(C)s2)c1C. The Kier molecular flexibility index (Phi) is 5.36. The minimum Gasteiger partial charge on any atom is -0.461 e. The summed E-state index contributed by atoms with van der Waals surface area (Å²) in [6, 6.07) is 0. The number of aryl methyl sites for hydroxylation is 2. The van der Waals surface area contributed by atoms with E-state index in [0.717, 1.165) is 9.35 Å². The monoisotopic (exact) mass is 339 g/mol. The lowest BCUT2D eigenvalue weighted by atomic mass is 10.1. The van der Waals surface area contributed by atoms with E-state index in [4.69, 9.17) is 4.74 Å². The molecule has 0 amide bonds. The molecule has 0 unspecified atom stereocenters. The molecule has 2 heterocycles. The van der Waals surface area contributed by atoms with Gasteiger partial charge in [0.05, 0.1) is 12.4 Å². The minimum atomic E-state index is -0.436. The highest BCUT2D eigenvalue weighted by Crippen LogP contribution is 2.25. The summed E-state index contributed by atoms with van der Waals surface area (Å²) < 4.78 is 5.75. The fourth-order valence-corrected chi connectivity index (χ4v) is 3.80. The number of carbonyl (C=O) groups is 2. The quantitative estimate of drug-likeness (QED) is 0.495. The largest absolute Gasteiger partial charge is 0.461 e. The highest BCUT2D eigenvalue weighted by atomic mass is 32.2. The van der Waals surface area contributed by atoms with Crippen LogP contribution in [0.2, 0.25) is 0 Å². The van der Waals surface area contributed by atoms with E-state index in [2.05, 4.69) is 15.2 Å². The lowest BCUT2D eigenvalue weighted by molar-refractivity contribution is 0.0519. The van der Waals surface area contributed by atoms with Crippen molar-refractivity contribution in [2.45, 2.75) is 32.0 Å². The number of ketones is 1. The van der Waals surface area contributed by atoms with Gasteiger partial charge in [0, 0.05) is 11.3 Å². The zero-order valence-electron chi connectivity index (χ0n) is 12.8. The van der Waals surface area contributed by atoms with Crippen molar-refractivity contribution in [2.24, 2.45) is 0 Å². The van der Waals surface area contributed by atoms with Crippen LogP contribution in [-0.4, -0.2) is 39.3 Å². The molecule has 2 aromatic heterocycles. The van der Waals surface area contributed by atoms with Crippen molar-refractivity contribution in [1.29, 1.82) is 0 Å². The molecule has 0 fully saturated rings. The first-order valence-electron chi connectivity index (χ1n) is 6.76. The number of thioether (sulfide) groups is 1. The van der Waals surface area contributed by atoms with E-state index in [-0.39, 0.29) is 11.5 Å². The Morgan fingerprint density at radius 2 is 2.00 bits per heavy atom. The van der Waals surface area contributed by atoms with Crippen LogP contribution in [0.3, 0.4) is 0 Å². The van der Waals surface area contributed by atoms with Crippen LogP contribution in [0.1, 0.15) is 44.0 Å². The number of Topliss-reactive ketones (excluding diaryl/α,β-unsaturated/α-hetero) is 1. The van der Waals surface area contributed by atoms with Gasteiger partial charge < -0.3 is 9.72 Å². The number of ether oxygens (including phenoxy) is 1. The van der Waals surface area contributed by atoms with Gasteiger partial charge >= 0.3 is 5.97 Å². The fraction of sp³-hybridized carbons (Fsp3) is 0.429. The zero-order valence-corrected chi connectivity index (χ0v) is 14.5. The number of nitrogens with one attached hydrogen (secondary N) is 1. The summed E-state index contributed by atoms with van der Waals surface area (Å²) >= 11 is 2.81. The maximum absolute atomic E-state index is 12.4. The average Bonchev–Trinajstić information content (AvgIpc) is 3.00. The van der Waals surface area contributed by atoms with Crippen molar-refractivity contribution >= 4 is 34.9 Å². The summed E-state index contributed by atoms with van der Waals surface area (Å²) in [5.74, 6) is -0.217. The first kappa shape index (κ1) is 16.7. The molecule has 0 radical (unpaired) electrons. The Balaban J connectivity index is 2.14. The van der Waals surface area contributed by atoms with Gasteiger partial charge in [0.15, 0.2) is 10.1 Å². The second-order valence-electron chi connectivity index (χ2n) is 4.64. The van der Waals surface area contributed by atoms with E-state index in [1.807, 2.05) is 6.92 Å². The number of hydrogen-bond acceptors (Lipinski definition) is 7. The van der Waals surface area contributed by atoms with Crippen molar-refractivity contribution in [2.75, 3.05) is 12.4 Å². The molecule has 6 nitrogen and oxygen atoms in total. The van der Waals surface area contributed by atoms with Crippen LogP contribution in [0.5, 0.6) is 0 Å². The third-order valence-corrected chi connectivity index (χ3v) is 5.00. The number of carbonyl (C=O) groups excluding carboxylic acids is 2. The van der Waals surface area contributed by atoms with Gasteiger partial charge in [-0.25, -0.2) is 4.79 Å². The lowest BCUT2D eigenvalue weighted by Crippen LogP contribution is -2.08. The molecule has 0 aliphatic carbocycles. The number of rotatable bonds is 6. The fourth-order valence-electron chi connectivity index (χ4n) is 2.11. The molecule has 1 N–H and O–H groups in total. The van der Waals surface area contributed by atoms with Crippen molar-refractivity contribution in [3.05, 3.63) is 27.5 Å². The first-order chi connectivity index (χ1) is 10.4. The Bertz CT molecular complexity index is 706. The second-order valence-corrected chi connectivity index (χ2v) is 7.05. The smallest absolute Gasteiger partial charge is 0.355 e. The van der Waals surface area contributed by atoms with Gasteiger partial charge in [-0.05, 0) is 33.3 Å². The highest BCUT2D eigenvalue weighted by molar-refractivity contribution is 8.01. The Labute approximate surface area is 136 Å². The topological polar surface area (TPSA) is 84.9 Å². The van der Waals surface area contributed by atoms with E-state index < -0.39 is 5.97 Å². The van der Waals surface area contributed by atoms with E-state index in [0.29, 0.717) is 29.1 Å². The third-order valence-electron chi connectivity index (χ3n) is 3.03. The molecule has 8 heteroatoms. The Morgan fingerprint density at radius 3 is 2.59 bits per heavy atom.